The highest BCUT2D eigenvalue weighted by Gasteiger charge is 2.29. The Morgan fingerprint density at radius 3 is 2.81 bits per heavy atom. The molecule has 0 amide bonds. The zero-order valence-electron chi connectivity index (χ0n) is 16.9. The van der Waals surface area contributed by atoms with Gasteiger partial charge in [0.2, 0.25) is 11.1 Å². The second-order valence-electron chi connectivity index (χ2n) is 7.27. The molecular formula is C22H24N4O3S2. The molecule has 7 nitrogen and oxygen atoms in total. The minimum absolute atomic E-state index is 0.331. The second kappa shape index (κ2) is 10.1. The maximum atomic E-state index is 12.1. The molecule has 0 spiro atoms. The van der Waals surface area contributed by atoms with Crippen molar-refractivity contribution < 1.29 is 13.6 Å². The Balaban J connectivity index is 1.42. The summed E-state index contributed by atoms with van der Waals surface area (Å²) < 4.78 is 23.2. The van der Waals surface area contributed by atoms with Crippen molar-refractivity contribution >= 4 is 50.6 Å². The van der Waals surface area contributed by atoms with Gasteiger partial charge in [-0.25, -0.2) is 4.21 Å². The summed E-state index contributed by atoms with van der Waals surface area (Å²) in [7, 11) is 0. The molecule has 0 radical (unpaired) electrons. The van der Waals surface area contributed by atoms with E-state index in [0.29, 0.717) is 37.8 Å². The van der Waals surface area contributed by atoms with Crippen molar-refractivity contribution in [3.05, 3.63) is 64.8 Å². The largest absolute Gasteiger partial charge is 0.384 e. The Hall–Kier alpha value is -2.59. The number of aromatic nitrogens is 1. The molecule has 9 heteroatoms. The molecule has 2 atom stereocenters. The average Bonchev–Trinajstić information content (AvgIpc) is 3.21. The minimum Gasteiger partial charge on any atom is -0.384 e. The molecule has 2 unspecified atom stereocenters. The maximum absolute atomic E-state index is 12.1. The van der Waals surface area contributed by atoms with Crippen LogP contribution in [0.25, 0.3) is 16.2 Å². The van der Waals surface area contributed by atoms with E-state index < -0.39 is 11.1 Å². The summed E-state index contributed by atoms with van der Waals surface area (Å²) >= 11 is -0.559. The number of hydrogen-bond acceptors (Lipinski definition) is 7. The van der Waals surface area contributed by atoms with Crippen molar-refractivity contribution in [2.75, 3.05) is 38.0 Å². The highest BCUT2D eigenvalue weighted by molar-refractivity contribution is 7.83. The molecule has 4 rings (SSSR count). The summed E-state index contributed by atoms with van der Waals surface area (Å²) in [4.78, 5) is 20.6. The van der Waals surface area contributed by atoms with E-state index in [-0.39, 0.29) is 6.04 Å². The molecule has 0 bridgehead atoms. The third kappa shape index (κ3) is 5.37. The molecule has 1 saturated heterocycles. The lowest BCUT2D eigenvalue weighted by molar-refractivity contribution is -0.114. The zero-order valence-corrected chi connectivity index (χ0v) is 18.5. The first-order valence-electron chi connectivity index (χ1n) is 10.0. The lowest BCUT2D eigenvalue weighted by atomic mass is 10.2. The van der Waals surface area contributed by atoms with Crippen molar-refractivity contribution in [2.45, 2.75) is 6.04 Å². The summed E-state index contributed by atoms with van der Waals surface area (Å²) in [6, 6.07) is 13.5. The highest BCUT2D eigenvalue weighted by Crippen LogP contribution is 2.28. The topological polar surface area (TPSA) is 85.8 Å². The standard InChI is InChI=1S/C22H24N4O3S2/c27-16-19-15-26(12-11-25(19)10-9-24-18-5-7-23-8-6-18)22(31(28)29)14-20-13-17-3-1-2-4-21(17)30-20/h1-8,13-14,16,19H,9-12,15H2,(H,23,24)(H,28,29). The number of carbonyl (C=O) groups excluding carboxylic acids is 1. The van der Waals surface area contributed by atoms with Crippen LogP contribution in [-0.4, -0.2) is 68.6 Å². The van der Waals surface area contributed by atoms with Crippen LogP contribution < -0.4 is 5.32 Å². The van der Waals surface area contributed by atoms with Gasteiger partial charge in [-0.3, -0.25) is 9.88 Å². The van der Waals surface area contributed by atoms with E-state index in [1.54, 1.807) is 29.8 Å². The van der Waals surface area contributed by atoms with Crippen molar-refractivity contribution in [3.8, 4) is 0 Å². The van der Waals surface area contributed by atoms with E-state index in [2.05, 4.69) is 15.2 Å². The van der Waals surface area contributed by atoms with Gasteiger partial charge in [0.05, 0.1) is 6.04 Å². The van der Waals surface area contributed by atoms with Gasteiger partial charge in [-0.15, -0.1) is 11.3 Å². The molecule has 2 N–H and O–H groups in total. The van der Waals surface area contributed by atoms with Gasteiger partial charge in [-0.05, 0) is 35.7 Å². The van der Waals surface area contributed by atoms with Crippen LogP contribution in [0.2, 0.25) is 0 Å². The van der Waals surface area contributed by atoms with Crippen LogP contribution in [0.3, 0.4) is 0 Å². The smallest absolute Gasteiger partial charge is 0.203 e. The van der Waals surface area contributed by atoms with Crippen LogP contribution in [0.1, 0.15) is 4.88 Å². The van der Waals surface area contributed by atoms with Gasteiger partial charge in [0, 0.05) is 60.4 Å². The molecule has 0 saturated carbocycles. The first-order chi connectivity index (χ1) is 15.1. The van der Waals surface area contributed by atoms with E-state index in [4.69, 9.17) is 0 Å². The molecule has 2 aromatic heterocycles. The fourth-order valence-corrected chi connectivity index (χ4v) is 5.41. The molecule has 1 fully saturated rings. The van der Waals surface area contributed by atoms with Crippen molar-refractivity contribution in [2.24, 2.45) is 0 Å². The van der Waals surface area contributed by atoms with Gasteiger partial charge in [-0.1, -0.05) is 18.2 Å². The minimum atomic E-state index is -2.14. The third-order valence-electron chi connectivity index (χ3n) is 5.30. The predicted octanol–water partition coefficient (Wildman–Crippen LogP) is 3.11. The van der Waals surface area contributed by atoms with Gasteiger partial charge in [0.1, 0.15) is 11.3 Å². The predicted molar refractivity (Wildman–Crippen MR) is 126 cm³/mol. The lowest BCUT2D eigenvalue weighted by Crippen LogP contribution is -2.54. The molecule has 1 aliphatic heterocycles. The number of thiophene rings is 1. The fourth-order valence-electron chi connectivity index (χ4n) is 3.72. The SMILES string of the molecule is O=CC1CN(C(=Cc2cc3ccccc3s2)S(=O)O)CCN1CCNc1ccncc1. The monoisotopic (exact) mass is 456 g/mol. The summed E-state index contributed by atoms with van der Waals surface area (Å²) in [6.07, 6.45) is 6.16. The quantitative estimate of drug-likeness (QED) is 0.398. The molecular weight excluding hydrogens is 432 g/mol. The summed E-state index contributed by atoms with van der Waals surface area (Å²) in [6.45, 7) is 3.02. The van der Waals surface area contributed by atoms with Crippen LogP contribution in [0.4, 0.5) is 5.69 Å². The van der Waals surface area contributed by atoms with Crippen LogP contribution in [0, 0.1) is 0 Å². The highest BCUT2D eigenvalue weighted by atomic mass is 32.2. The lowest BCUT2D eigenvalue weighted by Gasteiger charge is -2.40. The van der Waals surface area contributed by atoms with Gasteiger partial charge in [-0.2, -0.15) is 0 Å². The number of aldehydes is 1. The Labute approximate surface area is 187 Å². The number of piperazine rings is 1. The second-order valence-corrected chi connectivity index (χ2v) is 9.30. The normalized spacial score (nSPS) is 18.8. The molecule has 162 valence electrons. The Morgan fingerprint density at radius 2 is 2.06 bits per heavy atom. The van der Waals surface area contributed by atoms with Crippen molar-refractivity contribution in [3.63, 3.8) is 0 Å². The molecule has 31 heavy (non-hydrogen) atoms. The Bertz CT molecular complexity index is 1050. The number of rotatable bonds is 8. The van der Waals surface area contributed by atoms with Gasteiger partial charge < -0.3 is 19.6 Å². The van der Waals surface area contributed by atoms with Crippen LogP contribution in [0.5, 0.6) is 0 Å². The van der Waals surface area contributed by atoms with Gasteiger partial charge >= 0.3 is 0 Å². The number of benzene rings is 1. The van der Waals surface area contributed by atoms with E-state index >= 15 is 0 Å². The molecule has 0 aliphatic carbocycles. The number of pyridine rings is 1. The summed E-state index contributed by atoms with van der Waals surface area (Å²) in [5.74, 6) is 0. The maximum Gasteiger partial charge on any atom is 0.203 e. The number of carbonyl (C=O) groups is 1. The van der Waals surface area contributed by atoms with E-state index in [1.807, 2.05) is 47.4 Å². The third-order valence-corrected chi connectivity index (χ3v) is 7.10. The molecule has 1 aliphatic rings. The van der Waals surface area contributed by atoms with E-state index in [0.717, 1.165) is 26.9 Å². The fraction of sp³-hybridized carbons (Fsp3) is 0.273. The number of hydrogen-bond donors (Lipinski definition) is 2. The van der Waals surface area contributed by atoms with Crippen LogP contribution in [-0.2, 0) is 15.9 Å². The first kappa shape index (κ1) is 21.6. The van der Waals surface area contributed by atoms with E-state index in [1.165, 1.54) is 0 Å². The first-order valence-corrected chi connectivity index (χ1v) is 12.0. The number of nitrogens with one attached hydrogen (secondary N) is 1. The van der Waals surface area contributed by atoms with Crippen LogP contribution in [0.15, 0.2) is 59.9 Å². The average molecular weight is 457 g/mol. The Morgan fingerprint density at radius 1 is 1.26 bits per heavy atom. The molecule has 3 aromatic rings. The van der Waals surface area contributed by atoms with Gasteiger partial charge in [0.15, 0.2) is 0 Å². The summed E-state index contributed by atoms with van der Waals surface area (Å²) in [5.41, 5.74) is 0.987. The van der Waals surface area contributed by atoms with Crippen LogP contribution >= 0.6 is 11.3 Å². The Kier molecular flexibility index (Phi) is 7.08. The van der Waals surface area contributed by atoms with Gasteiger partial charge in [0.25, 0.3) is 0 Å². The van der Waals surface area contributed by atoms with Crippen molar-refractivity contribution in [1.29, 1.82) is 0 Å². The van der Waals surface area contributed by atoms with E-state index in [9.17, 15) is 13.6 Å². The zero-order chi connectivity index (χ0) is 21.6. The molecule has 3 heterocycles. The summed E-state index contributed by atoms with van der Waals surface area (Å²) in [5, 5.41) is 4.78. The number of nitrogens with zero attached hydrogens (tertiary/aromatic N) is 3. The number of fused-ring (bicyclic) bond motifs is 1. The molecule has 1 aromatic carbocycles. The number of anilines is 1. The van der Waals surface area contributed by atoms with Crippen molar-refractivity contribution in [1.82, 2.24) is 14.8 Å².